The van der Waals surface area contributed by atoms with Crippen LogP contribution in [0.1, 0.15) is 26.7 Å². The molecule has 0 atom stereocenters. The van der Waals surface area contributed by atoms with E-state index in [1.807, 2.05) is 80.6 Å². The summed E-state index contributed by atoms with van der Waals surface area (Å²) in [6.07, 6.45) is 4.27. The van der Waals surface area contributed by atoms with Crippen LogP contribution < -0.4 is 10.6 Å². The molecule has 0 aliphatic carbocycles. The van der Waals surface area contributed by atoms with Crippen molar-refractivity contribution in [1.29, 1.82) is 0 Å². The Kier molecular flexibility index (Phi) is 7.03. The van der Waals surface area contributed by atoms with Crippen LogP contribution in [-0.2, 0) is 9.59 Å². The van der Waals surface area contributed by atoms with Crippen LogP contribution in [-0.4, -0.2) is 26.8 Å². The van der Waals surface area contributed by atoms with Crippen molar-refractivity contribution in [3.63, 3.8) is 0 Å². The molecule has 2 aromatic carbocycles. The molecule has 34 heavy (non-hydrogen) atoms. The number of carbonyl (C=O) groups is 2. The van der Waals surface area contributed by atoms with Gasteiger partial charge in [-0.25, -0.2) is 9.97 Å². The average Bonchev–Trinajstić information content (AvgIpc) is 2.89. The summed E-state index contributed by atoms with van der Waals surface area (Å²) in [7, 11) is 0. The van der Waals surface area contributed by atoms with Crippen molar-refractivity contribution >= 4 is 23.2 Å². The Labute approximate surface area is 198 Å². The van der Waals surface area contributed by atoms with Gasteiger partial charge in [0.25, 0.3) is 0 Å². The van der Waals surface area contributed by atoms with E-state index in [1.165, 1.54) is 0 Å². The molecule has 0 saturated carbocycles. The van der Waals surface area contributed by atoms with Gasteiger partial charge in [-0.1, -0.05) is 38.1 Å². The molecular weight excluding hydrogens is 426 g/mol. The van der Waals surface area contributed by atoms with E-state index in [2.05, 4.69) is 15.6 Å². The maximum atomic E-state index is 11.7. The number of hydrogen-bond donors (Lipinski definition) is 2. The van der Waals surface area contributed by atoms with Crippen LogP contribution in [0.3, 0.4) is 0 Å². The van der Waals surface area contributed by atoms with Gasteiger partial charge in [0.05, 0.1) is 11.4 Å². The number of benzene rings is 2. The second kappa shape index (κ2) is 10.5. The summed E-state index contributed by atoms with van der Waals surface area (Å²) in [5, 5.41) is 5.72. The van der Waals surface area contributed by atoms with Gasteiger partial charge in [-0.2, -0.15) is 0 Å². The van der Waals surface area contributed by atoms with E-state index in [4.69, 9.17) is 9.97 Å². The molecule has 2 N–H and O–H groups in total. The lowest BCUT2D eigenvalue weighted by atomic mass is 10.1. The molecule has 2 heterocycles. The third-order valence-corrected chi connectivity index (χ3v) is 5.24. The lowest BCUT2D eigenvalue weighted by Gasteiger charge is -2.11. The minimum Gasteiger partial charge on any atom is -0.326 e. The van der Waals surface area contributed by atoms with Crippen LogP contribution >= 0.6 is 0 Å². The first kappa shape index (κ1) is 22.8. The third kappa shape index (κ3) is 5.50. The first-order chi connectivity index (χ1) is 16.6. The van der Waals surface area contributed by atoms with Gasteiger partial charge in [-0.3, -0.25) is 14.6 Å². The quantitative estimate of drug-likeness (QED) is 0.383. The minimum atomic E-state index is -0.0318. The van der Waals surface area contributed by atoms with Gasteiger partial charge in [-0.15, -0.1) is 0 Å². The van der Waals surface area contributed by atoms with Gasteiger partial charge in [0, 0.05) is 53.3 Å². The number of rotatable bonds is 7. The fraction of sp³-hybridized carbons (Fsp3) is 0.148. The Morgan fingerprint density at radius 2 is 1.09 bits per heavy atom. The molecular formula is C27H25N5O2. The van der Waals surface area contributed by atoms with Crippen molar-refractivity contribution in [2.45, 2.75) is 26.7 Å². The number of amides is 2. The fourth-order valence-electron chi connectivity index (χ4n) is 3.32. The molecule has 0 aliphatic rings. The smallest absolute Gasteiger partial charge is 0.224 e. The monoisotopic (exact) mass is 451 g/mol. The van der Waals surface area contributed by atoms with Crippen molar-refractivity contribution in [2.75, 3.05) is 10.6 Å². The Bertz CT molecular complexity index is 1210. The van der Waals surface area contributed by atoms with E-state index in [0.29, 0.717) is 18.7 Å². The van der Waals surface area contributed by atoms with E-state index in [-0.39, 0.29) is 11.8 Å². The fourth-order valence-corrected chi connectivity index (χ4v) is 3.32. The number of nitrogens with one attached hydrogen (secondary N) is 2. The molecule has 170 valence electrons. The summed E-state index contributed by atoms with van der Waals surface area (Å²) in [6.45, 7) is 3.63. The molecule has 0 unspecified atom stereocenters. The number of aromatic nitrogens is 3. The molecule has 0 saturated heterocycles. The Morgan fingerprint density at radius 1 is 0.647 bits per heavy atom. The third-order valence-electron chi connectivity index (χ3n) is 5.24. The van der Waals surface area contributed by atoms with Crippen LogP contribution in [0.5, 0.6) is 0 Å². The number of pyridine rings is 1. The minimum absolute atomic E-state index is 0.0318. The van der Waals surface area contributed by atoms with Crippen LogP contribution in [0, 0.1) is 0 Å². The highest BCUT2D eigenvalue weighted by atomic mass is 16.2. The Morgan fingerprint density at radius 3 is 1.50 bits per heavy atom. The SMILES string of the molecule is CCC(=O)Nc1ccc(-c2cc(-c3ccc(NC(=O)CC)cc3)nc(-c3ccncc3)n2)cc1. The summed E-state index contributed by atoms with van der Waals surface area (Å²) >= 11 is 0. The van der Waals surface area contributed by atoms with Crippen molar-refractivity contribution < 1.29 is 9.59 Å². The van der Waals surface area contributed by atoms with Gasteiger partial charge in [0.15, 0.2) is 5.82 Å². The summed E-state index contributed by atoms with van der Waals surface area (Å²) in [5.74, 6) is 0.521. The average molecular weight is 452 g/mol. The van der Waals surface area contributed by atoms with E-state index in [9.17, 15) is 9.59 Å². The molecule has 7 heteroatoms. The number of anilines is 2. The molecule has 0 fully saturated rings. The summed E-state index contributed by atoms with van der Waals surface area (Å²) < 4.78 is 0. The maximum Gasteiger partial charge on any atom is 0.224 e. The first-order valence-electron chi connectivity index (χ1n) is 11.2. The second-order valence-electron chi connectivity index (χ2n) is 7.66. The summed E-state index contributed by atoms with van der Waals surface area (Å²) in [6, 6.07) is 20.8. The lowest BCUT2D eigenvalue weighted by Crippen LogP contribution is -2.09. The number of hydrogen-bond acceptors (Lipinski definition) is 5. The molecule has 0 bridgehead atoms. The largest absolute Gasteiger partial charge is 0.326 e. The van der Waals surface area contributed by atoms with E-state index >= 15 is 0 Å². The zero-order valence-corrected chi connectivity index (χ0v) is 19.1. The zero-order chi connectivity index (χ0) is 23.9. The summed E-state index contributed by atoms with van der Waals surface area (Å²) in [5.41, 5.74) is 5.66. The van der Waals surface area contributed by atoms with E-state index < -0.39 is 0 Å². The molecule has 0 spiro atoms. The maximum absolute atomic E-state index is 11.7. The molecule has 2 amide bonds. The van der Waals surface area contributed by atoms with Crippen LogP contribution in [0.25, 0.3) is 33.9 Å². The first-order valence-corrected chi connectivity index (χ1v) is 11.2. The van der Waals surface area contributed by atoms with Crippen molar-refractivity contribution in [3.05, 3.63) is 79.1 Å². The van der Waals surface area contributed by atoms with Crippen molar-refractivity contribution in [3.8, 4) is 33.9 Å². The van der Waals surface area contributed by atoms with Gasteiger partial charge < -0.3 is 10.6 Å². The van der Waals surface area contributed by atoms with Gasteiger partial charge in [-0.05, 0) is 42.5 Å². The summed E-state index contributed by atoms with van der Waals surface area (Å²) in [4.78, 5) is 37.0. The predicted molar refractivity (Wildman–Crippen MR) is 134 cm³/mol. The van der Waals surface area contributed by atoms with Crippen LogP contribution in [0.15, 0.2) is 79.1 Å². The second-order valence-corrected chi connectivity index (χ2v) is 7.66. The molecule has 4 aromatic rings. The number of nitrogens with zero attached hydrogens (tertiary/aromatic N) is 3. The Balaban J connectivity index is 1.72. The highest BCUT2D eigenvalue weighted by Gasteiger charge is 2.11. The zero-order valence-electron chi connectivity index (χ0n) is 19.1. The Hall–Kier alpha value is -4.39. The van der Waals surface area contributed by atoms with Gasteiger partial charge in [0.2, 0.25) is 11.8 Å². The van der Waals surface area contributed by atoms with E-state index in [0.717, 1.165) is 39.5 Å². The molecule has 2 aromatic heterocycles. The highest BCUT2D eigenvalue weighted by molar-refractivity contribution is 5.91. The molecule has 0 radical (unpaired) electrons. The predicted octanol–water partition coefficient (Wildman–Crippen LogP) is 5.57. The number of carbonyl (C=O) groups excluding carboxylic acids is 2. The van der Waals surface area contributed by atoms with Gasteiger partial charge >= 0.3 is 0 Å². The van der Waals surface area contributed by atoms with Crippen molar-refractivity contribution in [1.82, 2.24) is 15.0 Å². The van der Waals surface area contributed by atoms with Gasteiger partial charge in [0.1, 0.15) is 0 Å². The van der Waals surface area contributed by atoms with Crippen LogP contribution in [0.2, 0.25) is 0 Å². The van der Waals surface area contributed by atoms with Crippen LogP contribution in [0.4, 0.5) is 11.4 Å². The van der Waals surface area contributed by atoms with Crippen molar-refractivity contribution in [2.24, 2.45) is 0 Å². The molecule has 7 nitrogen and oxygen atoms in total. The molecule has 4 rings (SSSR count). The molecule has 0 aliphatic heterocycles. The van der Waals surface area contributed by atoms with E-state index in [1.54, 1.807) is 12.4 Å². The lowest BCUT2D eigenvalue weighted by molar-refractivity contribution is -0.116. The highest BCUT2D eigenvalue weighted by Crippen LogP contribution is 2.28. The normalized spacial score (nSPS) is 10.5. The topological polar surface area (TPSA) is 96.9 Å². The standard InChI is InChI=1S/C27H25N5O2/c1-3-25(33)29-21-9-5-18(6-10-21)23-17-24(32-27(31-23)20-13-15-28-16-14-20)19-7-11-22(12-8-19)30-26(34)4-2/h5-17H,3-4H2,1-2H3,(H,29,33)(H,30,34).